The normalized spacial score (nSPS) is 19.8. The molecule has 0 aliphatic carbocycles. The summed E-state index contributed by atoms with van der Waals surface area (Å²) in [5.41, 5.74) is 1.66. The molecule has 2 aliphatic rings. The summed E-state index contributed by atoms with van der Waals surface area (Å²) in [5.74, 6) is 1.20. The number of hydrogen-bond donors (Lipinski definition) is 0. The van der Waals surface area contributed by atoms with Gasteiger partial charge in [0.1, 0.15) is 0 Å². The molecule has 1 aromatic rings. The average Bonchev–Trinajstić information content (AvgIpc) is 3.06. The Morgan fingerprint density at radius 1 is 1.37 bits per heavy atom. The second kappa shape index (κ2) is 4.84. The molecule has 1 atom stereocenters. The van der Waals surface area contributed by atoms with Gasteiger partial charge in [0.25, 0.3) is 0 Å². The summed E-state index contributed by atoms with van der Waals surface area (Å²) in [4.78, 5) is 11.6. The van der Waals surface area contributed by atoms with Crippen molar-refractivity contribution in [2.75, 3.05) is 20.5 Å². The molecule has 2 heterocycles. The summed E-state index contributed by atoms with van der Waals surface area (Å²) < 4.78 is 20.6. The van der Waals surface area contributed by atoms with Crippen molar-refractivity contribution in [1.29, 1.82) is 0 Å². The molecule has 0 spiro atoms. The van der Waals surface area contributed by atoms with E-state index < -0.39 is 0 Å². The molecular weight excluding hydrogens is 248 g/mol. The van der Waals surface area contributed by atoms with E-state index in [4.69, 9.17) is 18.9 Å². The van der Waals surface area contributed by atoms with E-state index in [-0.39, 0.29) is 18.7 Å². The van der Waals surface area contributed by atoms with Crippen molar-refractivity contribution < 1.29 is 23.7 Å². The number of esters is 1. The van der Waals surface area contributed by atoms with Gasteiger partial charge in [0.2, 0.25) is 6.79 Å². The second-order valence-electron chi connectivity index (χ2n) is 4.49. The first kappa shape index (κ1) is 11.9. The smallest absolute Gasteiger partial charge is 0.337 e. The number of rotatable bonds is 3. The Hall–Kier alpha value is -2.17. The van der Waals surface area contributed by atoms with Gasteiger partial charge in [-0.2, -0.15) is 0 Å². The van der Waals surface area contributed by atoms with E-state index in [1.807, 2.05) is 18.2 Å². The summed E-state index contributed by atoms with van der Waals surface area (Å²) in [5, 5.41) is 0. The van der Waals surface area contributed by atoms with Crippen LogP contribution in [0.1, 0.15) is 5.56 Å². The summed E-state index contributed by atoms with van der Waals surface area (Å²) in [6.45, 7) is 0.761. The fourth-order valence-electron chi connectivity index (χ4n) is 2.29. The van der Waals surface area contributed by atoms with E-state index in [0.29, 0.717) is 18.6 Å². The third-order valence-electron chi connectivity index (χ3n) is 3.29. The van der Waals surface area contributed by atoms with Gasteiger partial charge in [-0.25, -0.2) is 4.79 Å². The molecule has 0 saturated heterocycles. The van der Waals surface area contributed by atoms with Crippen molar-refractivity contribution >= 4 is 5.97 Å². The van der Waals surface area contributed by atoms with Gasteiger partial charge < -0.3 is 18.9 Å². The highest BCUT2D eigenvalue weighted by Crippen LogP contribution is 2.34. The standard InChI is InChI=1S/C14H14O5/c1-16-14(15)11-7-17-6-10(11)4-9-2-3-12-13(5-9)19-8-18-12/h2-3,5,7,10H,4,6,8H2,1H3. The van der Waals surface area contributed by atoms with Crippen LogP contribution in [0, 0.1) is 5.92 Å². The number of fused-ring (bicyclic) bond motifs is 1. The fourth-order valence-corrected chi connectivity index (χ4v) is 2.29. The average molecular weight is 262 g/mol. The first-order chi connectivity index (χ1) is 9.28. The fraction of sp³-hybridized carbons (Fsp3) is 0.357. The molecule has 1 unspecified atom stereocenters. The maximum Gasteiger partial charge on any atom is 0.337 e. The lowest BCUT2D eigenvalue weighted by Crippen LogP contribution is -2.16. The molecule has 5 heteroatoms. The monoisotopic (exact) mass is 262 g/mol. The number of ether oxygens (including phenoxy) is 4. The third-order valence-corrected chi connectivity index (χ3v) is 3.29. The second-order valence-corrected chi connectivity index (χ2v) is 4.49. The Bertz CT molecular complexity index is 535. The summed E-state index contributed by atoms with van der Waals surface area (Å²) >= 11 is 0. The van der Waals surface area contributed by atoms with Gasteiger partial charge in [-0.1, -0.05) is 6.07 Å². The molecule has 1 aromatic carbocycles. The van der Waals surface area contributed by atoms with Crippen molar-refractivity contribution in [3.05, 3.63) is 35.6 Å². The van der Waals surface area contributed by atoms with Gasteiger partial charge in [-0.05, 0) is 24.1 Å². The molecule has 2 aliphatic heterocycles. The highest BCUT2D eigenvalue weighted by molar-refractivity contribution is 5.89. The summed E-state index contributed by atoms with van der Waals surface area (Å²) in [6.07, 6.45) is 2.20. The van der Waals surface area contributed by atoms with Crippen LogP contribution in [-0.4, -0.2) is 26.5 Å². The van der Waals surface area contributed by atoms with Crippen molar-refractivity contribution in [3.8, 4) is 11.5 Å². The highest BCUT2D eigenvalue weighted by Gasteiger charge is 2.28. The zero-order chi connectivity index (χ0) is 13.2. The number of carbonyl (C=O) groups excluding carboxylic acids is 1. The van der Waals surface area contributed by atoms with Gasteiger partial charge in [-0.15, -0.1) is 0 Å². The van der Waals surface area contributed by atoms with Gasteiger partial charge >= 0.3 is 5.97 Å². The number of benzene rings is 1. The Morgan fingerprint density at radius 2 is 2.21 bits per heavy atom. The van der Waals surface area contributed by atoms with E-state index in [0.717, 1.165) is 17.1 Å². The lowest BCUT2D eigenvalue weighted by molar-refractivity contribution is -0.136. The van der Waals surface area contributed by atoms with Crippen LogP contribution in [0.15, 0.2) is 30.0 Å². The molecule has 0 aromatic heterocycles. The van der Waals surface area contributed by atoms with Crippen molar-refractivity contribution in [2.24, 2.45) is 5.92 Å². The van der Waals surface area contributed by atoms with Crippen molar-refractivity contribution in [1.82, 2.24) is 0 Å². The van der Waals surface area contributed by atoms with Crippen LogP contribution in [0.5, 0.6) is 11.5 Å². The van der Waals surface area contributed by atoms with Crippen LogP contribution < -0.4 is 9.47 Å². The number of methoxy groups -OCH3 is 1. The minimum atomic E-state index is -0.330. The highest BCUT2D eigenvalue weighted by atomic mass is 16.7. The van der Waals surface area contributed by atoms with Gasteiger partial charge in [0, 0.05) is 5.92 Å². The molecule has 0 N–H and O–H groups in total. The Labute approximate surface area is 110 Å². The quantitative estimate of drug-likeness (QED) is 0.775. The van der Waals surface area contributed by atoms with E-state index in [9.17, 15) is 4.79 Å². The van der Waals surface area contributed by atoms with Gasteiger partial charge in [-0.3, -0.25) is 0 Å². The van der Waals surface area contributed by atoms with E-state index in [1.54, 1.807) is 0 Å². The van der Waals surface area contributed by atoms with Gasteiger partial charge in [0.15, 0.2) is 11.5 Å². The molecule has 19 heavy (non-hydrogen) atoms. The third kappa shape index (κ3) is 2.23. The largest absolute Gasteiger partial charge is 0.500 e. The SMILES string of the molecule is COC(=O)C1=COCC1Cc1ccc2c(c1)OCO2. The Balaban J connectivity index is 1.75. The summed E-state index contributed by atoms with van der Waals surface area (Å²) in [6, 6.07) is 5.80. The topological polar surface area (TPSA) is 54.0 Å². The maximum absolute atomic E-state index is 11.6. The van der Waals surface area contributed by atoms with Crippen LogP contribution >= 0.6 is 0 Å². The molecule has 0 saturated carbocycles. The number of hydrogen-bond acceptors (Lipinski definition) is 5. The minimum absolute atomic E-state index is 0.0211. The van der Waals surface area contributed by atoms with Crippen molar-refractivity contribution in [2.45, 2.75) is 6.42 Å². The Kier molecular flexibility index (Phi) is 3.03. The maximum atomic E-state index is 11.6. The Morgan fingerprint density at radius 3 is 3.05 bits per heavy atom. The van der Waals surface area contributed by atoms with E-state index >= 15 is 0 Å². The van der Waals surface area contributed by atoms with Gasteiger partial charge in [0.05, 0.1) is 25.6 Å². The van der Waals surface area contributed by atoms with Crippen LogP contribution in [0.25, 0.3) is 0 Å². The minimum Gasteiger partial charge on any atom is -0.500 e. The van der Waals surface area contributed by atoms with E-state index in [1.165, 1.54) is 13.4 Å². The molecule has 0 radical (unpaired) electrons. The lowest BCUT2D eigenvalue weighted by atomic mass is 9.94. The first-order valence-electron chi connectivity index (χ1n) is 6.06. The first-order valence-corrected chi connectivity index (χ1v) is 6.06. The molecule has 0 amide bonds. The predicted octanol–water partition coefficient (Wildman–Crippen LogP) is 1.66. The van der Waals surface area contributed by atoms with Crippen molar-refractivity contribution in [3.63, 3.8) is 0 Å². The van der Waals surface area contributed by atoms with Crippen LogP contribution in [0.2, 0.25) is 0 Å². The van der Waals surface area contributed by atoms with E-state index in [2.05, 4.69) is 0 Å². The predicted molar refractivity (Wildman–Crippen MR) is 65.8 cm³/mol. The zero-order valence-electron chi connectivity index (χ0n) is 10.5. The molecule has 5 nitrogen and oxygen atoms in total. The summed E-state index contributed by atoms with van der Waals surface area (Å²) in [7, 11) is 1.37. The molecular formula is C14H14O5. The van der Waals surface area contributed by atoms with Crippen LogP contribution in [0.3, 0.4) is 0 Å². The van der Waals surface area contributed by atoms with Crippen LogP contribution in [-0.2, 0) is 20.7 Å². The van der Waals surface area contributed by atoms with Crippen LogP contribution in [0.4, 0.5) is 0 Å². The molecule has 0 bridgehead atoms. The lowest BCUT2D eigenvalue weighted by Gasteiger charge is -2.11. The molecule has 3 rings (SSSR count). The number of carbonyl (C=O) groups is 1. The molecule has 100 valence electrons. The molecule has 0 fully saturated rings. The zero-order valence-corrected chi connectivity index (χ0v) is 10.5.